The number of nitrogens with one attached hydrogen (secondary N) is 1. The molecule has 2 nitrogen and oxygen atoms in total. The van der Waals surface area contributed by atoms with E-state index in [9.17, 15) is 13.2 Å². The third-order valence-corrected chi connectivity index (χ3v) is 3.87. The normalized spacial score (nSPS) is 20.2. The highest BCUT2D eigenvalue weighted by Crippen LogP contribution is 2.38. The van der Waals surface area contributed by atoms with Crippen LogP contribution in [0.3, 0.4) is 0 Å². The van der Waals surface area contributed by atoms with E-state index >= 15 is 0 Å². The minimum Gasteiger partial charge on any atom is -0.368 e. The number of anilines is 1. The SMILES string of the molecule is CNCCC1CCCCN1c1ccccc1C(F)(F)F. The quantitative estimate of drug-likeness (QED) is 0.908. The van der Waals surface area contributed by atoms with Crippen LogP contribution in [0.5, 0.6) is 0 Å². The monoisotopic (exact) mass is 286 g/mol. The third kappa shape index (κ3) is 3.45. The largest absolute Gasteiger partial charge is 0.418 e. The van der Waals surface area contributed by atoms with Gasteiger partial charge in [0.1, 0.15) is 0 Å². The molecule has 5 heteroatoms. The molecule has 0 bridgehead atoms. The second-order valence-electron chi connectivity index (χ2n) is 5.25. The molecule has 1 aliphatic heterocycles. The van der Waals surface area contributed by atoms with Crippen LogP contribution in [-0.2, 0) is 6.18 Å². The Morgan fingerprint density at radius 1 is 1.25 bits per heavy atom. The van der Waals surface area contributed by atoms with Crippen LogP contribution in [0.25, 0.3) is 0 Å². The Labute approximate surface area is 118 Å². The second-order valence-corrected chi connectivity index (χ2v) is 5.25. The van der Waals surface area contributed by atoms with Gasteiger partial charge in [-0.2, -0.15) is 13.2 Å². The number of hydrogen-bond acceptors (Lipinski definition) is 2. The van der Waals surface area contributed by atoms with E-state index < -0.39 is 11.7 Å². The predicted octanol–water partition coefficient (Wildman–Crippen LogP) is 3.67. The van der Waals surface area contributed by atoms with Gasteiger partial charge in [-0.25, -0.2) is 0 Å². The van der Waals surface area contributed by atoms with E-state index in [1.165, 1.54) is 12.1 Å². The highest BCUT2D eigenvalue weighted by molar-refractivity contribution is 5.56. The van der Waals surface area contributed by atoms with Gasteiger partial charge < -0.3 is 10.2 Å². The molecule has 1 saturated heterocycles. The van der Waals surface area contributed by atoms with Crippen molar-refractivity contribution in [3.05, 3.63) is 29.8 Å². The van der Waals surface area contributed by atoms with Gasteiger partial charge >= 0.3 is 6.18 Å². The van der Waals surface area contributed by atoms with Crippen LogP contribution in [0.2, 0.25) is 0 Å². The number of piperidine rings is 1. The summed E-state index contributed by atoms with van der Waals surface area (Å²) >= 11 is 0. The molecule has 0 saturated carbocycles. The molecule has 0 aliphatic carbocycles. The number of nitrogens with zero attached hydrogens (tertiary/aromatic N) is 1. The number of para-hydroxylation sites is 1. The summed E-state index contributed by atoms with van der Waals surface area (Å²) in [6.45, 7) is 1.54. The zero-order valence-electron chi connectivity index (χ0n) is 11.7. The molecule has 1 atom stereocenters. The molecule has 1 aromatic rings. The molecule has 1 fully saturated rings. The average Bonchev–Trinajstić information content (AvgIpc) is 2.44. The summed E-state index contributed by atoms with van der Waals surface area (Å²) in [6, 6.07) is 6.12. The lowest BCUT2D eigenvalue weighted by Crippen LogP contribution is -2.42. The summed E-state index contributed by atoms with van der Waals surface area (Å²) in [5.74, 6) is 0. The van der Waals surface area contributed by atoms with Crippen molar-refractivity contribution in [2.24, 2.45) is 0 Å². The van der Waals surface area contributed by atoms with Gasteiger partial charge in [0.05, 0.1) is 5.56 Å². The zero-order valence-corrected chi connectivity index (χ0v) is 11.7. The Hall–Kier alpha value is -1.23. The first-order chi connectivity index (χ1) is 9.54. The van der Waals surface area contributed by atoms with Gasteiger partial charge in [0, 0.05) is 18.3 Å². The van der Waals surface area contributed by atoms with Gasteiger partial charge in [0.15, 0.2) is 0 Å². The first kappa shape index (κ1) is 15.2. The highest BCUT2D eigenvalue weighted by atomic mass is 19.4. The fourth-order valence-electron chi connectivity index (χ4n) is 2.89. The zero-order chi connectivity index (χ0) is 14.6. The average molecular weight is 286 g/mol. The van der Waals surface area contributed by atoms with Crippen molar-refractivity contribution < 1.29 is 13.2 Å². The fourth-order valence-corrected chi connectivity index (χ4v) is 2.89. The van der Waals surface area contributed by atoms with E-state index in [0.717, 1.165) is 32.2 Å². The maximum Gasteiger partial charge on any atom is 0.418 e. The first-order valence-electron chi connectivity index (χ1n) is 7.11. The van der Waals surface area contributed by atoms with Crippen LogP contribution in [-0.4, -0.2) is 26.2 Å². The molecule has 0 aromatic heterocycles. The van der Waals surface area contributed by atoms with Crippen LogP contribution in [0.15, 0.2) is 24.3 Å². The highest BCUT2D eigenvalue weighted by Gasteiger charge is 2.36. The van der Waals surface area contributed by atoms with Crippen molar-refractivity contribution in [2.75, 3.05) is 25.0 Å². The van der Waals surface area contributed by atoms with E-state index in [-0.39, 0.29) is 6.04 Å². The van der Waals surface area contributed by atoms with E-state index in [1.807, 2.05) is 11.9 Å². The minimum absolute atomic E-state index is 0.194. The summed E-state index contributed by atoms with van der Waals surface area (Å²) in [7, 11) is 1.87. The van der Waals surface area contributed by atoms with E-state index in [0.29, 0.717) is 12.2 Å². The van der Waals surface area contributed by atoms with Gasteiger partial charge in [-0.1, -0.05) is 12.1 Å². The summed E-state index contributed by atoms with van der Waals surface area (Å²) in [5.41, 5.74) is -0.183. The molecule has 1 aliphatic rings. The third-order valence-electron chi connectivity index (χ3n) is 3.87. The Kier molecular flexibility index (Phi) is 4.91. The predicted molar refractivity (Wildman–Crippen MR) is 75.0 cm³/mol. The Bertz CT molecular complexity index is 431. The van der Waals surface area contributed by atoms with Crippen molar-refractivity contribution in [1.29, 1.82) is 0 Å². The molecule has 20 heavy (non-hydrogen) atoms. The number of rotatable bonds is 4. The van der Waals surface area contributed by atoms with Crippen molar-refractivity contribution in [3.8, 4) is 0 Å². The van der Waals surface area contributed by atoms with E-state index in [4.69, 9.17) is 0 Å². The molecule has 1 aromatic carbocycles. The van der Waals surface area contributed by atoms with Crippen molar-refractivity contribution >= 4 is 5.69 Å². The number of halogens is 3. The van der Waals surface area contributed by atoms with Gasteiger partial charge in [0.25, 0.3) is 0 Å². The van der Waals surface area contributed by atoms with Crippen molar-refractivity contribution in [2.45, 2.75) is 37.9 Å². The van der Waals surface area contributed by atoms with Crippen LogP contribution in [0.4, 0.5) is 18.9 Å². The first-order valence-corrected chi connectivity index (χ1v) is 7.11. The maximum absolute atomic E-state index is 13.1. The Morgan fingerprint density at radius 2 is 2.00 bits per heavy atom. The fraction of sp³-hybridized carbons (Fsp3) is 0.600. The van der Waals surface area contributed by atoms with Gasteiger partial charge in [-0.15, -0.1) is 0 Å². The van der Waals surface area contributed by atoms with Gasteiger partial charge in [-0.3, -0.25) is 0 Å². The second kappa shape index (κ2) is 6.48. The number of benzene rings is 1. The molecule has 112 valence electrons. The van der Waals surface area contributed by atoms with Crippen LogP contribution >= 0.6 is 0 Å². The molecule has 1 heterocycles. The molecule has 0 radical (unpaired) electrons. The molecule has 1 N–H and O–H groups in total. The van der Waals surface area contributed by atoms with Gasteiger partial charge in [-0.05, 0) is 51.4 Å². The van der Waals surface area contributed by atoms with Crippen molar-refractivity contribution in [3.63, 3.8) is 0 Å². The minimum atomic E-state index is -4.29. The lowest BCUT2D eigenvalue weighted by atomic mass is 9.97. The lowest BCUT2D eigenvalue weighted by molar-refractivity contribution is -0.137. The van der Waals surface area contributed by atoms with E-state index in [1.54, 1.807) is 12.1 Å². The lowest BCUT2D eigenvalue weighted by Gasteiger charge is -2.39. The van der Waals surface area contributed by atoms with Crippen LogP contribution < -0.4 is 10.2 Å². The number of alkyl halides is 3. The van der Waals surface area contributed by atoms with Crippen LogP contribution in [0.1, 0.15) is 31.2 Å². The molecule has 0 spiro atoms. The standard InChI is InChI=1S/C15H21F3N2/c1-19-10-9-12-6-4-5-11-20(12)14-8-3-2-7-13(14)15(16,17)18/h2-3,7-8,12,19H,4-6,9-11H2,1H3. The molecule has 2 rings (SSSR count). The summed E-state index contributed by atoms with van der Waals surface area (Å²) < 4.78 is 39.4. The summed E-state index contributed by atoms with van der Waals surface area (Å²) in [6.07, 6.45) is -0.389. The number of hydrogen-bond donors (Lipinski definition) is 1. The topological polar surface area (TPSA) is 15.3 Å². The summed E-state index contributed by atoms with van der Waals surface area (Å²) in [5, 5.41) is 3.08. The van der Waals surface area contributed by atoms with Crippen LogP contribution in [0, 0.1) is 0 Å². The molecule has 1 unspecified atom stereocenters. The summed E-state index contributed by atoms with van der Waals surface area (Å²) in [4.78, 5) is 1.95. The Balaban J connectivity index is 2.28. The smallest absolute Gasteiger partial charge is 0.368 e. The van der Waals surface area contributed by atoms with E-state index in [2.05, 4.69) is 5.32 Å². The molecular weight excluding hydrogens is 265 g/mol. The van der Waals surface area contributed by atoms with Crippen molar-refractivity contribution in [1.82, 2.24) is 5.32 Å². The molecular formula is C15H21F3N2. The van der Waals surface area contributed by atoms with Gasteiger partial charge in [0.2, 0.25) is 0 Å². The molecule has 0 amide bonds. The maximum atomic E-state index is 13.1. The Morgan fingerprint density at radius 3 is 2.70 bits per heavy atom.